The largest absolute Gasteiger partial charge is 0.506 e. The van der Waals surface area contributed by atoms with Crippen LogP contribution in [0.2, 0.25) is 0 Å². The number of ketones is 4. The van der Waals surface area contributed by atoms with E-state index in [4.69, 9.17) is 10.5 Å². The molecule has 2 saturated carbocycles. The summed E-state index contributed by atoms with van der Waals surface area (Å²) in [5.74, 6) is -3.81. The molecule has 0 spiro atoms. The van der Waals surface area contributed by atoms with Gasteiger partial charge in [-0.2, -0.15) is 0 Å². The topological polar surface area (TPSA) is 161 Å². The maximum atomic E-state index is 13.8. The number of hydrogen-bond acceptors (Lipinski definition) is 8. The monoisotopic (exact) mass is 529 g/mol. The zero-order chi connectivity index (χ0) is 28.2. The number of rotatable bonds is 3. The van der Waals surface area contributed by atoms with Gasteiger partial charge in [-0.05, 0) is 66.6 Å². The van der Waals surface area contributed by atoms with Crippen LogP contribution in [0.15, 0.2) is 30.3 Å². The predicted molar refractivity (Wildman–Crippen MR) is 137 cm³/mol. The first-order chi connectivity index (χ1) is 18.5. The molecule has 2 unspecified atom stereocenters. The molecule has 0 bridgehead atoms. The van der Waals surface area contributed by atoms with E-state index in [9.17, 15) is 34.2 Å². The molecule has 3 aliphatic carbocycles. The Hall–Kier alpha value is -4.29. The average Bonchev–Trinajstić information content (AvgIpc) is 2.90. The summed E-state index contributed by atoms with van der Waals surface area (Å²) < 4.78 is 5.15. The summed E-state index contributed by atoms with van der Waals surface area (Å²) in [5.41, 5.74) is 4.76. The Kier molecular flexibility index (Phi) is 6.39. The van der Waals surface area contributed by atoms with Crippen molar-refractivity contribution in [2.75, 3.05) is 7.11 Å². The number of aromatic hydroxyl groups is 1. The number of fused-ring (bicyclic) bond motifs is 3. The van der Waals surface area contributed by atoms with Crippen LogP contribution in [0.3, 0.4) is 0 Å². The van der Waals surface area contributed by atoms with Crippen LogP contribution >= 0.6 is 0 Å². The smallest absolute Gasteiger partial charge is 0.235 e. The minimum atomic E-state index is -2.67. The van der Waals surface area contributed by atoms with Crippen LogP contribution in [0.25, 0.3) is 0 Å². The Morgan fingerprint density at radius 1 is 1.10 bits per heavy atom. The molecule has 3 aliphatic rings. The van der Waals surface area contributed by atoms with Crippen LogP contribution in [0.5, 0.6) is 11.5 Å². The lowest BCUT2D eigenvalue weighted by atomic mass is 9.53. The minimum Gasteiger partial charge on any atom is -0.506 e. The van der Waals surface area contributed by atoms with Gasteiger partial charge in [0.05, 0.1) is 24.2 Å². The number of phenols is 1. The van der Waals surface area contributed by atoms with E-state index in [0.717, 1.165) is 5.56 Å². The van der Waals surface area contributed by atoms with E-state index < -0.39 is 58.3 Å². The van der Waals surface area contributed by atoms with Crippen molar-refractivity contribution >= 4 is 29.0 Å². The lowest BCUT2D eigenvalue weighted by Crippen LogP contribution is -2.68. The molecule has 2 fully saturated rings. The Morgan fingerprint density at radius 2 is 1.79 bits per heavy atom. The summed E-state index contributed by atoms with van der Waals surface area (Å²) in [6.45, 7) is 1.90. The Morgan fingerprint density at radius 3 is 2.41 bits per heavy atom. The molecular weight excluding hydrogens is 502 g/mol. The number of carbonyl (C=O) groups excluding carboxylic acids is 5. The first-order valence-corrected chi connectivity index (χ1v) is 12.7. The molecule has 9 heteroatoms. The average molecular weight is 530 g/mol. The van der Waals surface area contributed by atoms with Crippen molar-refractivity contribution in [2.45, 2.75) is 38.2 Å². The van der Waals surface area contributed by atoms with Crippen molar-refractivity contribution in [3.05, 3.63) is 58.1 Å². The summed E-state index contributed by atoms with van der Waals surface area (Å²) in [6.07, 6.45) is 0.472. The fourth-order valence-corrected chi connectivity index (χ4v) is 6.34. The second-order valence-electron chi connectivity index (χ2n) is 10.4. The molecule has 5 atom stereocenters. The van der Waals surface area contributed by atoms with E-state index in [1.807, 2.05) is 6.92 Å². The maximum Gasteiger partial charge on any atom is 0.235 e. The number of nitrogens with two attached hydrogens (primary N) is 1. The number of amides is 1. The quantitative estimate of drug-likeness (QED) is 0.396. The number of carbonyl (C=O) groups is 5. The first kappa shape index (κ1) is 26.3. The first-order valence-electron chi connectivity index (χ1n) is 12.7. The highest BCUT2D eigenvalue weighted by Gasteiger charge is 2.66. The fraction of sp³-hybridized carbons (Fsp3) is 0.367. The van der Waals surface area contributed by atoms with Gasteiger partial charge < -0.3 is 20.7 Å². The van der Waals surface area contributed by atoms with Gasteiger partial charge in [0.2, 0.25) is 5.91 Å². The predicted octanol–water partition coefficient (Wildman–Crippen LogP) is 1.30. The summed E-state index contributed by atoms with van der Waals surface area (Å²) in [6, 6.07) is 8.72. The van der Waals surface area contributed by atoms with Crippen LogP contribution in [0.1, 0.15) is 52.4 Å². The van der Waals surface area contributed by atoms with Gasteiger partial charge in [-0.15, -0.1) is 0 Å². The van der Waals surface area contributed by atoms with E-state index in [0.29, 0.717) is 23.3 Å². The number of benzene rings is 2. The molecule has 4 N–H and O–H groups in total. The van der Waals surface area contributed by atoms with Gasteiger partial charge in [0.1, 0.15) is 11.5 Å². The minimum absolute atomic E-state index is 0.0455. The number of hydrogen-bond donors (Lipinski definition) is 3. The third-order valence-corrected chi connectivity index (χ3v) is 8.31. The molecule has 2 aromatic rings. The normalized spacial score (nSPS) is 27.6. The Bertz CT molecular complexity index is 1510. The maximum absolute atomic E-state index is 13.8. The summed E-state index contributed by atoms with van der Waals surface area (Å²) in [7, 11) is 1.55. The van der Waals surface area contributed by atoms with E-state index >= 15 is 0 Å². The van der Waals surface area contributed by atoms with Crippen LogP contribution in [-0.2, 0) is 32.0 Å². The standard InChI is InChI=1S/C30H27NO8/c1-3-15-10-16(7-4-14-5-8-19(39-2)9-6-14)25(33)23-20(15)12-17-11-18-13-21(32)24(29(31)37)28(36)30(18,38)27(35)22(17)26(23)34/h5-6,8-10,17-18,22,24,33,38H,3,11-13H2,1-2H3,(H2,31,37)/t17-,18+,22?,24?,30+/m1/s1. The molecule has 39 heavy (non-hydrogen) atoms. The molecule has 0 saturated heterocycles. The van der Waals surface area contributed by atoms with E-state index in [1.54, 1.807) is 37.4 Å². The van der Waals surface area contributed by atoms with Gasteiger partial charge >= 0.3 is 0 Å². The highest BCUT2D eigenvalue weighted by atomic mass is 16.5. The number of phenolic OH excluding ortho intramolecular Hbond substituents is 1. The van der Waals surface area contributed by atoms with Crippen molar-refractivity contribution < 1.29 is 38.9 Å². The molecule has 0 heterocycles. The van der Waals surface area contributed by atoms with E-state index in [1.165, 1.54) is 0 Å². The van der Waals surface area contributed by atoms with Crippen molar-refractivity contribution in [3.63, 3.8) is 0 Å². The van der Waals surface area contributed by atoms with Crippen molar-refractivity contribution in [3.8, 4) is 23.3 Å². The SMILES string of the molecule is CCc1cc(C#Cc2ccc(OC)cc2)c(O)c2c1C[C@H]1C[C@H]3CC(=O)C(C(N)=O)C(=O)[C@@]3(O)C(=O)C1C2=O. The zero-order valence-electron chi connectivity index (χ0n) is 21.4. The van der Waals surface area contributed by atoms with Crippen LogP contribution in [-0.4, -0.2) is 52.0 Å². The van der Waals surface area contributed by atoms with Gasteiger partial charge in [0, 0.05) is 17.9 Å². The molecule has 2 aromatic carbocycles. The molecule has 0 aromatic heterocycles. The highest BCUT2D eigenvalue weighted by Crippen LogP contribution is 2.50. The summed E-state index contributed by atoms with van der Waals surface area (Å²) in [5, 5.41) is 22.5. The van der Waals surface area contributed by atoms with Crippen molar-refractivity contribution in [1.82, 2.24) is 0 Å². The van der Waals surface area contributed by atoms with Crippen LogP contribution < -0.4 is 10.5 Å². The number of ether oxygens (including phenoxy) is 1. The summed E-state index contributed by atoms with van der Waals surface area (Å²) in [4.78, 5) is 64.8. The van der Waals surface area contributed by atoms with Crippen LogP contribution in [0.4, 0.5) is 0 Å². The van der Waals surface area contributed by atoms with Gasteiger partial charge in [-0.1, -0.05) is 18.8 Å². The number of methoxy groups -OCH3 is 1. The molecule has 200 valence electrons. The zero-order valence-corrected chi connectivity index (χ0v) is 21.4. The molecule has 9 nitrogen and oxygen atoms in total. The fourth-order valence-electron chi connectivity index (χ4n) is 6.34. The van der Waals surface area contributed by atoms with Crippen LogP contribution in [0, 0.1) is 35.5 Å². The Labute approximate surface area is 224 Å². The lowest BCUT2D eigenvalue weighted by molar-refractivity contribution is -0.175. The lowest BCUT2D eigenvalue weighted by Gasteiger charge is -2.48. The molecule has 5 rings (SSSR count). The second-order valence-corrected chi connectivity index (χ2v) is 10.4. The van der Waals surface area contributed by atoms with Gasteiger partial charge in [-0.25, -0.2) is 0 Å². The highest BCUT2D eigenvalue weighted by molar-refractivity contribution is 6.31. The number of aliphatic hydroxyl groups is 1. The summed E-state index contributed by atoms with van der Waals surface area (Å²) >= 11 is 0. The second kappa shape index (κ2) is 9.47. The third kappa shape index (κ3) is 3.94. The Balaban J connectivity index is 1.57. The molecule has 0 aliphatic heterocycles. The van der Waals surface area contributed by atoms with E-state index in [2.05, 4.69) is 11.8 Å². The number of Topliss-reactive ketones (excluding diaryl/α,β-unsaturated/α-hetero) is 4. The van der Waals surface area contributed by atoms with E-state index in [-0.39, 0.29) is 36.1 Å². The molecule has 0 radical (unpaired) electrons. The van der Waals surface area contributed by atoms with Crippen molar-refractivity contribution in [2.24, 2.45) is 29.4 Å². The number of aryl methyl sites for hydroxylation is 1. The third-order valence-electron chi connectivity index (χ3n) is 8.31. The van der Waals surface area contributed by atoms with Gasteiger partial charge in [0.25, 0.3) is 0 Å². The van der Waals surface area contributed by atoms with Crippen molar-refractivity contribution in [1.29, 1.82) is 0 Å². The molecular formula is C30H27NO8. The molecule has 1 amide bonds. The number of primary amides is 1. The van der Waals surface area contributed by atoms with Gasteiger partial charge in [0.15, 0.2) is 34.7 Å². The van der Waals surface area contributed by atoms with Gasteiger partial charge in [-0.3, -0.25) is 24.0 Å².